The van der Waals surface area contributed by atoms with Crippen LogP contribution in [0, 0.1) is 12.8 Å². The van der Waals surface area contributed by atoms with E-state index < -0.39 is 0 Å². The van der Waals surface area contributed by atoms with Crippen molar-refractivity contribution in [2.45, 2.75) is 52.0 Å². The molecule has 0 aliphatic heterocycles. The first-order valence-electron chi connectivity index (χ1n) is 9.96. The maximum Gasteiger partial charge on any atom is 0.308 e. The smallest absolute Gasteiger partial charge is 0.308 e. The van der Waals surface area contributed by atoms with Crippen molar-refractivity contribution in [2.75, 3.05) is 26.8 Å². The largest absolute Gasteiger partial charge is 0.493 e. The van der Waals surface area contributed by atoms with Crippen molar-refractivity contribution in [1.82, 2.24) is 10.6 Å². The van der Waals surface area contributed by atoms with Gasteiger partial charge in [-0.15, -0.1) is 24.0 Å². The molecule has 7 heteroatoms. The number of halogens is 1. The van der Waals surface area contributed by atoms with E-state index >= 15 is 0 Å². The van der Waals surface area contributed by atoms with Crippen LogP contribution in [0.3, 0.4) is 0 Å². The number of hydrogen-bond donors (Lipinski definition) is 2. The summed E-state index contributed by atoms with van der Waals surface area (Å²) in [5.74, 6) is 1.76. The summed E-state index contributed by atoms with van der Waals surface area (Å²) in [5.41, 5.74) is 1.15. The SMILES string of the molecule is CCOC(=O)C1CCC(NC(=NC)NCCCOc2ccccc2C)CC1.I. The van der Waals surface area contributed by atoms with Crippen LogP contribution in [-0.4, -0.2) is 44.8 Å². The second-order valence-corrected chi connectivity index (χ2v) is 6.91. The zero-order valence-electron chi connectivity index (χ0n) is 17.2. The van der Waals surface area contributed by atoms with Crippen molar-refractivity contribution in [3.63, 3.8) is 0 Å². The van der Waals surface area contributed by atoms with E-state index in [1.54, 1.807) is 7.05 Å². The number of rotatable bonds is 8. The highest BCUT2D eigenvalue weighted by molar-refractivity contribution is 14.0. The second-order valence-electron chi connectivity index (χ2n) is 6.91. The molecule has 0 radical (unpaired) electrons. The van der Waals surface area contributed by atoms with Gasteiger partial charge in [0.25, 0.3) is 0 Å². The Kier molecular flexibility index (Phi) is 11.9. The van der Waals surface area contributed by atoms with Gasteiger partial charge in [0.2, 0.25) is 0 Å². The first-order chi connectivity index (χ1) is 13.1. The van der Waals surface area contributed by atoms with Gasteiger partial charge in [-0.25, -0.2) is 0 Å². The zero-order chi connectivity index (χ0) is 19.5. The Labute approximate surface area is 185 Å². The Morgan fingerprint density at radius 1 is 1.21 bits per heavy atom. The minimum absolute atomic E-state index is 0. The lowest BCUT2D eigenvalue weighted by atomic mass is 9.86. The molecule has 2 N–H and O–H groups in total. The second kappa shape index (κ2) is 13.6. The number of benzene rings is 1. The van der Waals surface area contributed by atoms with E-state index in [1.165, 1.54) is 0 Å². The number of para-hydroxylation sites is 1. The molecular weight excluding hydrogens is 469 g/mol. The van der Waals surface area contributed by atoms with Gasteiger partial charge in [0.05, 0.1) is 19.1 Å². The highest BCUT2D eigenvalue weighted by Gasteiger charge is 2.27. The van der Waals surface area contributed by atoms with Gasteiger partial charge < -0.3 is 20.1 Å². The Bertz CT molecular complexity index is 617. The lowest BCUT2D eigenvalue weighted by Crippen LogP contribution is -2.45. The lowest BCUT2D eigenvalue weighted by molar-refractivity contribution is -0.149. The fraction of sp³-hybridized carbons (Fsp3) is 0.619. The molecule has 0 heterocycles. The summed E-state index contributed by atoms with van der Waals surface area (Å²) in [4.78, 5) is 16.1. The Morgan fingerprint density at radius 3 is 2.57 bits per heavy atom. The number of aryl methyl sites for hydroxylation is 1. The number of ether oxygens (including phenoxy) is 2. The standard InChI is InChI=1S/C21H33N3O3.HI/c1-4-26-20(25)17-10-12-18(13-11-17)24-21(22-3)23-14-7-15-27-19-9-6-5-8-16(19)2;/h5-6,8-9,17-18H,4,7,10-15H2,1-3H3,(H2,22,23,24);1H. The molecule has 28 heavy (non-hydrogen) atoms. The molecule has 0 atom stereocenters. The van der Waals surface area contributed by atoms with Crippen molar-refractivity contribution in [1.29, 1.82) is 0 Å². The summed E-state index contributed by atoms with van der Waals surface area (Å²) in [5, 5.41) is 6.80. The maximum absolute atomic E-state index is 11.8. The van der Waals surface area contributed by atoms with E-state index in [1.807, 2.05) is 25.1 Å². The molecule has 0 unspecified atom stereocenters. The number of carbonyl (C=O) groups excluding carboxylic acids is 1. The minimum Gasteiger partial charge on any atom is -0.493 e. The average molecular weight is 503 g/mol. The molecule has 0 spiro atoms. The van der Waals surface area contributed by atoms with Crippen LogP contribution in [0.25, 0.3) is 0 Å². The normalized spacial score (nSPS) is 19.3. The van der Waals surface area contributed by atoms with Crippen molar-refractivity contribution < 1.29 is 14.3 Å². The van der Waals surface area contributed by atoms with Gasteiger partial charge in [0.1, 0.15) is 5.75 Å². The highest BCUT2D eigenvalue weighted by atomic mass is 127. The maximum atomic E-state index is 11.8. The molecule has 1 aromatic rings. The van der Waals surface area contributed by atoms with Crippen LogP contribution < -0.4 is 15.4 Å². The molecule has 0 saturated heterocycles. The number of carbonyl (C=O) groups is 1. The third-order valence-electron chi connectivity index (χ3n) is 4.88. The average Bonchev–Trinajstić information content (AvgIpc) is 2.68. The van der Waals surface area contributed by atoms with Crippen LogP contribution in [-0.2, 0) is 9.53 Å². The Morgan fingerprint density at radius 2 is 1.93 bits per heavy atom. The summed E-state index contributed by atoms with van der Waals surface area (Å²) in [7, 11) is 1.78. The number of guanidine groups is 1. The quantitative estimate of drug-likeness (QED) is 0.186. The Balaban J connectivity index is 0.00000392. The van der Waals surface area contributed by atoms with Gasteiger partial charge in [-0.05, 0) is 57.6 Å². The molecule has 2 rings (SSSR count). The van der Waals surface area contributed by atoms with Gasteiger partial charge in [-0.3, -0.25) is 9.79 Å². The number of nitrogens with one attached hydrogen (secondary N) is 2. The fourth-order valence-electron chi connectivity index (χ4n) is 3.30. The van der Waals surface area contributed by atoms with Gasteiger partial charge in [-0.1, -0.05) is 18.2 Å². The van der Waals surface area contributed by atoms with Crippen LogP contribution >= 0.6 is 24.0 Å². The molecule has 0 amide bonds. The van der Waals surface area contributed by atoms with E-state index in [9.17, 15) is 4.79 Å². The van der Waals surface area contributed by atoms with Crippen molar-refractivity contribution in [2.24, 2.45) is 10.9 Å². The predicted octanol–water partition coefficient (Wildman–Crippen LogP) is 3.67. The van der Waals surface area contributed by atoms with Crippen molar-refractivity contribution >= 4 is 35.9 Å². The van der Waals surface area contributed by atoms with Crippen LogP contribution in [0.5, 0.6) is 5.75 Å². The van der Waals surface area contributed by atoms with E-state index in [0.717, 1.165) is 55.9 Å². The predicted molar refractivity (Wildman–Crippen MR) is 124 cm³/mol. The third-order valence-corrected chi connectivity index (χ3v) is 4.88. The van der Waals surface area contributed by atoms with Crippen LogP contribution in [0.2, 0.25) is 0 Å². The summed E-state index contributed by atoms with van der Waals surface area (Å²) in [6, 6.07) is 8.40. The van der Waals surface area contributed by atoms with E-state index in [-0.39, 0.29) is 35.9 Å². The van der Waals surface area contributed by atoms with E-state index in [2.05, 4.69) is 28.6 Å². The summed E-state index contributed by atoms with van der Waals surface area (Å²) < 4.78 is 10.9. The molecule has 6 nitrogen and oxygen atoms in total. The van der Waals surface area contributed by atoms with Crippen LogP contribution in [0.1, 0.15) is 44.6 Å². The molecule has 1 fully saturated rings. The number of aliphatic imine (C=N–C) groups is 1. The van der Waals surface area contributed by atoms with E-state index in [4.69, 9.17) is 9.47 Å². The highest BCUT2D eigenvalue weighted by Crippen LogP contribution is 2.25. The molecular formula is C21H34IN3O3. The Hall–Kier alpha value is -1.51. The lowest BCUT2D eigenvalue weighted by Gasteiger charge is -2.29. The topological polar surface area (TPSA) is 72.0 Å². The third kappa shape index (κ3) is 8.24. The molecule has 158 valence electrons. The first-order valence-corrected chi connectivity index (χ1v) is 9.96. The zero-order valence-corrected chi connectivity index (χ0v) is 19.5. The van der Waals surface area contributed by atoms with Crippen molar-refractivity contribution in [3.8, 4) is 5.75 Å². The number of esters is 1. The monoisotopic (exact) mass is 503 g/mol. The number of hydrogen-bond acceptors (Lipinski definition) is 4. The fourth-order valence-corrected chi connectivity index (χ4v) is 3.30. The van der Waals surface area contributed by atoms with Crippen LogP contribution in [0.4, 0.5) is 0 Å². The van der Waals surface area contributed by atoms with Gasteiger partial charge in [0.15, 0.2) is 5.96 Å². The van der Waals surface area contributed by atoms with Gasteiger partial charge in [0, 0.05) is 19.6 Å². The summed E-state index contributed by atoms with van der Waals surface area (Å²) in [6.45, 7) is 5.83. The molecule has 0 aromatic heterocycles. The molecule has 0 bridgehead atoms. The first kappa shape index (κ1) is 24.5. The van der Waals surface area contributed by atoms with Gasteiger partial charge >= 0.3 is 5.97 Å². The number of nitrogens with zero attached hydrogens (tertiary/aromatic N) is 1. The summed E-state index contributed by atoms with van der Waals surface area (Å²) >= 11 is 0. The summed E-state index contributed by atoms with van der Waals surface area (Å²) in [6.07, 6.45) is 4.56. The minimum atomic E-state index is -0.0490. The van der Waals surface area contributed by atoms with Crippen molar-refractivity contribution in [3.05, 3.63) is 29.8 Å². The molecule has 1 aliphatic rings. The van der Waals surface area contributed by atoms with E-state index in [0.29, 0.717) is 19.3 Å². The molecule has 1 aliphatic carbocycles. The molecule has 1 aromatic carbocycles. The van der Waals surface area contributed by atoms with Gasteiger partial charge in [-0.2, -0.15) is 0 Å². The van der Waals surface area contributed by atoms with Crippen LogP contribution in [0.15, 0.2) is 29.3 Å². The molecule has 1 saturated carbocycles.